The molecule has 0 spiro atoms. The van der Waals surface area contributed by atoms with Crippen LogP contribution in [-0.4, -0.2) is 22.1 Å². The number of rotatable bonds is 5. The number of aryl methyl sites for hydroxylation is 1. The van der Waals surface area contributed by atoms with E-state index >= 15 is 0 Å². The molecule has 90 valence electrons. The van der Waals surface area contributed by atoms with Crippen molar-refractivity contribution in [2.75, 3.05) is 0 Å². The standard InChI is InChI=1S/C9H11F3N2O2/c1-2-6(15)5-8-13-7(14-16-8)3-4-9(10,11)12/h2-5H2,1H3. The third-order valence-corrected chi connectivity index (χ3v) is 1.88. The minimum Gasteiger partial charge on any atom is -0.339 e. The van der Waals surface area contributed by atoms with Crippen molar-refractivity contribution in [1.29, 1.82) is 0 Å². The molecule has 0 aliphatic carbocycles. The number of halogens is 3. The SMILES string of the molecule is CCC(=O)Cc1nc(CCC(F)(F)F)no1. The predicted molar refractivity (Wildman–Crippen MR) is 47.7 cm³/mol. The molecule has 1 rings (SSSR count). The number of hydrogen-bond acceptors (Lipinski definition) is 4. The van der Waals surface area contributed by atoms with E-state index in [2.05, 4.69) is 14.7 Å². The van der Waals surface area contributed by atoms with Crippen molar-refractivity contribution in [3.63, 3.8) is 0 Å². The molecule has 0 radical (unpaired) electrons. The molecule has 0 fully saturated rings. The lowest BCUT2D eigenvalue weighted by Gasteiger charge is -2.01. The molecule has 0 aliphatic rings. The van der Waals surface area contributed by atoms with Crippen molar-refractivity contribution in [2.45, 2.75) is 38.8 Å². The zero-order valence-corrected chi connectivity index (χ0v) is 8.67. The highest BCUT2D eigenvalue weighted by molar-refractivity contribution is 5.79. The van der Waals surface area contributed by atoms with E-state index < -0.39 is 12.6 Å². The van der Waals surface area contributed by atoms with Gasteiger partial charge in [-0.15, -0.1) is 0 Å². The van der Waals surface area contributed by atoms with E-state index in [4.69, 9.17) is 0 Å². The number of ketones is 1. The van der Waals surface area contributed by atoms with E-state index in [0.29, 0.717) is 6.42 Å². The average molecular weight is 236 g/mol. The van der Waals surface area contributed by atoms with Crippen molar-refractivity contribution in [2.24, 2.45) is 0 Å². The van der Waals surface area contributed by atoms with Gasteiger partial charge in [-0.2, -0.15) is 18.2 Å². The summed E-state index contributed by atoms with van der Waals surface area (Å²) >= 11 is 0. The van der Waals surface area contributed by atoms with Gasteiger partial charge in [0.05, 0.1) is 12.8 Å². The lowest BCUT2D eigenvalue weighted by atomic mass is 10.2. The molecular formula is C9H11F3N2O2. The van der Waals surface area contributed by atoms with E-state index in [0.717, 1.165) is 0 Å². The van der Waals surface area contributed by atoms with Gasteiger partial charge in [0, 0.05) is 12.8 Å². The fourth-order valence-electron chi connectivity index (χ4n) is 1.01. The van der Waals surface area contributed by atoms with Gasteiger partial charge in [0.1, 0.15) is 5.78 Å². The maximum Gasteiger partial charge on any atom is 0.389 e. The third kappa shape index (κ3) is 4.41. The van der Waals surface area contributed by atoms with Gasteiger partial charge in [-0.25, -0.2) is 0 Å². The van der Waals surface area contributed by atoms with Crippen molar-refractivity contribution in [1.82, 2.24) is 10.1 Å². The first kappa shape index (κ1) is 12.7. The Kier molecular flexibility index (Phi) is 4.03. The Labute approximate surface area is 89.8 Å². The molecule has 0 amide bonds. The van der Waals surface area contributed by atoms with Gasteiger partial charge in [-0.05, 0) is 0 Å². The number of alkyl halides is 3. The highest BCUT2D eigenvalue weighted by atomic mass is 19.4. The van der Waals surface area contributed by atoms with Crippen LogP contribution >= 0.6 is 0 Å². The summed E-state index contributed by atoms with van der Waals surface area (Å²) < 4.78 is 40.3. The molecule has 0 atom stereocenters. The molecule has 0 aromatic carbocycles. The molecule has 16 heavy (non-hydrogen) atoms. The van der Waals surface area contributed by atoms with Crippen molar-refractivity contribution >= 4 is 5.78 Å². The second-order valence-corrected chi connectivity index (χ2v) is 3.29. The number of Topliss-reactive ketones (excluding diaryl/α,β-unsaturated/α-hetero) is 1. The lowest BCUT2D eigenvalue weighted by Crippen LogP contribution is -2.09. The minimum atomic E-state index is -4.24. The van der Waals surface area contributed by atoms with Gasteiger partial charge in [-0.1, -0.05) is 12.1 Å². The summed E-state index contributed by atoms with van der Waals surface area (Å²) in [4.78, 5) is 14.7. The predicted octanol–water partition coefficient (Wildman–Crippen LogP) is 2.09. The number of hydrogen-bond donors (Lipinski definition) is 0. The largest absolute Gasteiger partial charge is 0.389 e. The summed E-state index contributed by atoms with van der Waals surface area (Å²) in [5.74, 6) is -0.0359. The van der Waals surface area contributed by atoms with Crippen LogP contribution in [0.5, 0.6) is 0 Å². The third-order valence-electron chi connectivity index (χ3n) is 1.88. The molecule has 0 unspecified atom stereocenters. The van der Waals surface area contributed by atoms with Crippen LogP contribution in [0.3, 0.4) is 0 Å². The van der Waals surface area contributed by atoms with Gasteiger partial charge in [0.25, 0.3) is 0 Å². The molecule has 0 aliphatic heterocycles. The number of aromatic nitrogens is 2. The Balaban J connectivity index is 2.48. The van der Waals surface area contributed by atoms with E-state index in [9.17, 15) is 18.0 Å². The second-order valence-electron chi connectivity index (χ2n) is 3.29. The van der Waals surface area contributed by atoms with Crippen molar-refractivity contribution < 1.29 is 22.5 Å². The van der Waals surface area contributed by atoms with Crippen LogP contribution in [0.2, 0.25) is 0 Å². The van der Waals surface area contributed by atoms with Gasteiger partial charge in [-0.3, -0.25) is 4.79 Å². The van der Waals surface area contributed by atoms with Gasteiger partial charge in [0.2, 0.25) is 5.89 Å². The van der Waals surface area contributed by atoms with Crippen LogP contribution in [-0.2, 0) is 17.6 Å². The molecule has 1 aromatic heterocycles. The lowest BCUT2D eigenvalue weighted by molar-refractivity contribution is -0.134. The first-order valence-electron chi connectivity index (χ1n) is 4.80. The Morgan fingerprint density at radius 1 is 1.44 bits per heavy atom. The minimum absolute atomic E-state index is 0.0174. The Bertz CT molecular complexity index is 360. The van der Waals surface area contributed by atoms with E-state index in [-0.39, 0.29) is 30.3 Å². The molecule has 0 N–H and O–H groups in total. The molecular weight excluding hydrogens is 225 g/mol. The maximum atomic E-state index is 11.9. The molecule has 0 bridgehead atoms. The number of nitrogens with zero attached hydrogens (tertiary/aromatic N) is 2. The number of carbonyl (C=O) groups is 1. The first-order chi connectivity index (χ1) is 7.40. The molecule has 4 nitrogen and oxygen atoms in total. The number of carbonyl (C=O) groups excluding carboxylic acids is 1. The van der Waals surface area contributed by atoms with Crippen molar-refractivity contribution in [3.05, 3.63) is 11.7 Å². The van der Waals surface area contributed by atoms with Crippen LogP contribution in [0.25, 0.3) is 0 Å². The second kappa shape index (κ2) is 5.09. The van der Waals surface area contributed by atoms with Gasteiger partial charge >= 0.3 is 6.18 Å². The summed E-state index contributed by atoms with van der Waals surface area (Å²) in [7, 11) is 0. The van der Waals surface area contributed by atoms with Crippen LogP contribution in [0.1, 0.15) is 31.5 Å². The zero-order chi connectivity index (χ0) is 12.2. The van der Waals surface area contributed by atoms with Crippen LogP contribution in [0.4, 0.5) is 13.2 Å². The molecule has 0 saturated carbocycles. The van der Waals surface area contributed by atoms with Gasteiger partial charge in [0.15, 0.2) is 5.82 Å². The summed E-state index contributed by atoms with van der Waals surface area (Å²) in [5, 5.41) is 3.37. The van der Waals surface area contributed by atoms with E-state index in [1.54, 1.807) is 6.92 Å². The monoisotopic (exact) mass is 236 g/mol. The zero-order valence-electron chi connectivity index (χ0n) is 8.67. The maximum absolute atomic E-state index is 11.9. The molecule has 1 heterocycles. The highest BCUT2D eigenvalue weighted by Crippen LogP contribution is 2.21. The molecule has 0 saturated heterocycles. The van der Waals surface area contributed by atoms with Crippen LogP contribution < -0.4 is 0 Å². The topological polar surface area (TPSA) is 56.0 Å². The summed E-state index contributed by atoms with van der Waals surface area (Å²) in [6, 6.07) is 0. The van der Waals surface area contributed by atoms with Crippen LogP contribution in [0, 0.1) is 0 Å². The van der Waals surface area contributed by atoms with E-state index in [1.807, 2.05) is 0 Å². The smallest absolute Gasteiger partial charge is 0.339 e. The average Bonchev–Trinajstić information content (AvgIpc) is 2.61. The Morgan fingerprint density at radius 3 is 2.69 bits per heavy atom. The first-order valence-corrected chi connectivity index (χ1v) is 4.80. The summed E-state index contributed by atoms with van der Waals surface area (Å²) in [5.41, 5.74) is 0. The Hall–Kier alpha value is -1.40. The van der Waals surface area contributed by atoms with Gasteiger partial charge < -0.3 is 4.52 Å². The fourth-order valence-corrected chi connectivity index (χ4v) is 1.01. The highest BCUT2D eigenvalue weighted by Gasteiger charge is 2.27. The Morgan fingerprint density at radius 2 is 2.12 bits per heavy atom. The molecule has 7 heteroatoms. The fraction of sp³-hybridized carbons (Fsp3) is 0.667. The van der Waals surface area contributed by atoms with Crippen LogP contribution in [0.15, 0.2) is 4.52 Å². The van der Waals surface area contributed by atoms with E-state index in [1.165, 1.54) is 0 Å². The molecule has 1 aromatic rings. The summed E-state index contributed by atoms with van der Waals surface area (Å²) in [6.07, 6.45) is -5.24. The summed E-state index contributed by atoms with van der Waals surface area (Å²) in [6.45, 7) is 1.68. The normalized spacial score (nSPS) is 11.8. The van der Waals surface area contributed by atoms with Crippen molar-refractivity contribution in [3.8, 4) is 0 Å². The quantitative estimate of drug-likeness (QED) is 0.785.